The van der Waals surface area contributed by atoms with Crippen LogP contribution in [0.25, 0.3) is 0 Å². The molecule has 3 N–H and O–H groups in total. The highest BCUT2D eigenvalue weighted by molar-refractivity contribution is 6.30. The van der Waals surface area contributed by atoms with Gasteiger partial charge in [0.25, 0.3) is 11.7 Å². The molecular weight excluding hydrogens is 810 g/mol. The van der Waals surface area contributed by atoms with E-state index in [0.717, 1.165) is 47.6 Å². The van der Waals surface area contributed by atoms with Crippen molar-refractivity contribution in [3.63, 3.8) is 0 Å². The Bertz CT molecular complexity index is 1670. The number of unbranched alkanes of at least 4 members (excludes halogenated alkanes) is 5. The molecule has 6 atom stereocenters. The molecule has 60 heavy (non-hydrogen) atoms. The number of carbonyl (C=O) groups is 8. The van der Waals surface area contributed by atoms with Crippen LogP contribution >= 0.6 is 11.6 Å². The first kappa shape index (κ1) is 50.9. The average molecular weight is 866 g/mol. The van der Waals surface area contributed by atoms with E-state index >= 15 is 0 Å². The van der Waals surface area contributed by atoms with Gasteiger partial charge in [0, 0.05) is 52.1 Å². The molecule has 1 aliphatic heterocycles. The number of esters is 5. The molecule has 332 valence electrons. The van der Waals surface area contributed by atoms with Crippen LogP contribution in [0.2, 0.25) is 5.02 Å². The minimum absolute atomic E-state index is 0.0835. The van der Waals surface area contributed by atoms with Crippen molar-refractivity contribution in [1.29, 1.82) is 0 Å². The van der Waals surface area contributed by atoms with Crippen molar-refractivity contribution in [2.75, 3.05) is 33.4 Å². The van der Waals surface area contributed by atoms with E-state index in [1.54, 1.807) is 24.3 Å². The molecule has 0 unspecified atom stereocenters. The molecule has 1 aliphatic rings. The van der Waals surface area contributed by atoms with E-state index in [9.17, 15) is 38.4 Å². The Hall–Kier alpha value is -5.25. The lowest BCUT2D eigenvalue weighted by atomic mass is 9.87. The fourth-order valence-electron chi connectivity index (χ4n) is 6.25. The van der Waals surface area contributed by atoms with Gasteiger partial charge in [-0.3, -0.25) is 33.6 Å². The van der Waals surface area contributed by atoms with Crippen LogP contribution in [0.5, 0.6) is 0 Å². The molecule has 1 aromatic rings. The summed E-state index contributed by atoms with van der Waals surface area (Å²) in [4.78, 5) is 101. The Balaban J connectivity index is 2.46. The lowest BCUT2D eigenvalue weighted by Crippen LogP contribution is -2.70. The Morgan fingerprint density at radius 3 is 2.15 bits per heavy atom. The lowest BCUT2D eigenvalue weighted by molar-refractivity contribution is -0.313. The number of nitrogens with one attached hydrogen (secondary N) is 3. The van der Waals surface area contributed by atoms with Gasteiger partial charge in [-0.25, -0.2) is 4.79 Å². The monoisotopic (exact) mass is 865 g/mol. The fourth-order valence-corrected chi connectivity index (χ4v) is 6.37. The molecule has 3 amide bonds. The zero-order chi connectivity index (χ0) is 44.7. The van der Waals surface area contributed by atoms with Crippen LogP contribution in [0.15, 0.2) is 24.3 Å². The second kappa shape index (κ2) is 26.8. The number of benzene rings is 1. The van der Waals surface area contributed by atoms with Crippen LogP contribution < -0.4 is 16.0 Å². The Morgan fingerprint density at radius 2 is 1.53 bits per heavy atom. The highest BCUT2D eigenvalue weighted by Gasteiger charge is 2.59. The van der Waals surface area contributed by atoms with Gasteiger partial charge < -0.3 is 49.1 Å². The zero-order valence-corrected chi connectivity index (χ0v) is 35.4. The van der Waals surface area contributed by atoms with E-state index in [2.05, 4.69) is 21.9 Å². The Morgan fingerprint density at radius 1 is 0.850 bits per heavy atom. The average Bonchev–Trinajstić information content (AvgIpc) is 3.18. The fraction of sp³-hybridized carbons (Fsp3) is 0.610. The van der Waals surface area contributed by atoms with Gasteiger partial charge in [0.1, 0.15) is 12.2 Å². The molecule has 0 saturated carbocycles. The van der Waals surface area contributed by atoms with E-state index in [0.29, 0.717) is 55.7 Å². The molecule has 18 nitrogen and oxygen atoms in total. The number of rotatable bonds is 25. The van der Waals surface area contributed by atoms with Crippen molar-refractivity contribution in [1.82, 2.24) is 16.0 Å². The van der Waals surface area contributed by atoms with Crippen molar-refractivity contribution in [3.05, 3.63) is 34.9 Å². The number of ether oxygens (including phenoxy) is 7. The number of carbonyl (C=O) groups excluding carboxylic acids is 8. The van der Waals surface area contributed by atoms with Gasteiger partial charge in [0.15, 0.2) is 18.8 Å². The van der Waals surface area contributed by atoms with Gasteiger partial charge in [0.2, 0.25) is 11.8 Å². The SMILES string of the molecule is C#CCCCCNC(=O)CCCCCCO[C@]1(C(=O)OC)C[C@H](OC(C)=O)[C@@H](NC(=O)COC(C)=O)[C@H]([C@H](OC(C)=O)[C@@H](CNC(=O)Cc2ccc(Cl)cc2)OC(C)=O)O1. The second-order valence-electron chi connectivity index (χ2n) is 13.9. The maximum atomic E-state index is 13.7. The minimum Gasteiger partial charge on any atom is -0.465 e. The van der Waals surface area contributed by atoms with E-state index in [-0.39, 0.29) is 18.9 Å². The summed E-state index contributed by atoms with van der Waals surface area (Å²) in [6.45, 7) is 3.40. The Labute approximate surface area is 354 Å². The number of hydrogen-bond donors (Lipinski definition) is 3. The van der Waals surface area contributed by atoms with E-state index < -0.39 is 97.5 Å². The van der Waals surface area contributed by atoms with Crippen LogP contribution in [0.4, 0.5) is 0 Å². The first-order valence-electron chi connectivity index (χ1n) is 19.6. The maximum Gasteiger partial charge on any atom is 0.366 e. The first-order chi connectivity index (χ1) is 28.5. The van der Waals surface area contributed by atoms with Crippen molar-refractivity contribution in [3.8, 4) is 12.3 Å². The third-order valence-corrected chi connectivity index (χ3v) is 9.14. The van der Waals surface area contributed by atoms with Gasteiger partial charge in [-0.15, -0.1) is 12.3 Å². The maximum absolute atomic E-state index is 13.7. The molecule has 1 heterocycles. The summed E-state index contributed by atoms with van der Waals surface area (Å²) in [5.74, 6) is -5.88. The van der Waals surface area contributed by atoms with Gasteiger partial charge in [-0.2, -0.15) is 0 Å². The molecule has 0 spiro atoms. The topological polar surface area (TPSA) is 237 Å². The van der Waals surface area contributed by atoms with Gasteiger partial charge in [-0.05, 0) is 43.4 Å². The van der Waals surface area contributed by atoms with Crippen LogP contribution in [-0.2, 0) is 77.9 Å². The summed E-state index contributed by atoms with van der Waals surface area (Å²) in [5.41, 5.74) is 0.598. The van der Waals surface area contributed by atoms with Gasteiger partial charge in [0.05, 0.1) is 39.1 Å². The van der Waals surface area contributed by atoms with Gasteiger partial charge >= 0.3 is 29.8 Å². The third kappa shape index (κ3) is 18.8. The summed E-state index contributed by atoms with van der Waals surface area (Å²) >= 11 is 5.97. The van der Waals surface area contributed by atoms with Crippen LogP contribution in [0, 0.1) is 12.3 Å². The number of amides is 3. The molecule has 2 rings (SSSR count). The molecule has 1 aromatic carbocycles. The first-order valence-corrected chi connectivity index (χ1v) is 19.9. The molecule has 0 aliphatic carbocycles. The smallest absolute Gasteiger partial charge is 0.366 e. The molecule has 19 heteroatoms. The molecular formula is C41H56ClN3O15. The standard InChI is InChI=1S/C41H56ClN3O15/c1-7-8-9-13-20-43-34(50)15-12-10-11-14-21-56-41(40(53)54-6)23-32(57-27(3)47)37(45-36(52)25-55-26(2)46)39(60-41)38(59-29(5)49)33(58-28(4)48)24-44-35(51)22-30-16-18-31(42)19-17-30/h1,16-19,32-33,37-39H,8-15,20-25H2,2-6H3,(H,43,50)(H,44,51)(H,45,52)/t32-,33+,37+,38+,39+,41+/m0/s1. The number of halogens is 1. The summed E-state index contributed by atoms with van der Waals surface area (Å²) in [5, 5.41) is 8.51. The predicted molar refractivity (Wildman–Crippen MR) is 212 cm³/mol. The molecule has 0 radical (unpaired) electrons. The van der Waals surface area contributed by atoms with E-state index in [4.69, 9.17) is 51.2 Å². The van der Waals surface area contributed by atoms with Crippen molar-refractivity contribution in [2.24, 2.45) is 0 Å². The quantitative estimate of drug-likeness (QED) is 0.0554. The summed E-state index contributed by atoms with van der Waals surface area (Å²) < 4.78 is 39.3. The molecule has 1 saturated heterocycles. The predicted octanol–water partition coefficient (Wildman–Crippen LogP) is 2.39. The van der Waals surface area contributed by atoms with Crippen molar-refractivity contribution < 1.29 is 71.5 Å². The summed E-state index contributed by atoms with van der Waals surface area (Å²) in [6, 6.07) is 4.98. The van der Waals surface area contributed by atoms with E-state index in [1.165, 1.54) is 0 Å². The highest BCUT2D eigenvalue weighted by Crippen LogP contribution is 2.37. The summed E-state index contributed by atoms with van der Waals surface area (Å²) in [7, 11) is 1.06. The van der Waals surface area contributed by atoms with Gasteiger partial charge in [-0.1, -0.05) is 36.6 Å². The number of terminal acetylenes is 1. The minimum atomic E-state index is -2.37. The molecule has 1 fully saturated rings. The van der Waals surface area contributed by atoms with Crippen molar-refractivity contribution in [2.45, 2.75) is 128 Å². The Kier molecular flexibility index (Phi) is 22.7. The molecule has 0 bridgehead atoms. The van der Waals surface area contributed by atoms with Crippen molar-refractivity contribution >= 4 is 59.2 Å². The van der Waals surface area contributed by atoms with Crippen LogP contribution in [0.1, 0.15) is 91.0 Å². The molecule has 0 aromatic heterocycles. The summed E-state index contributed by atoms with van der Waals surface area (Å²) in [6.07, 6.45) is 2.79. The second-order valence-corrected chi connectivity index (χ2v) is 14.3. The largest absolute Gasteiger partial charge is 0.465 e. The highest BCUT2D eigenvalue weighted by atomic mass is 35.5. The lowest BCUT2D eigenvalue weighted by Gasteiger charge is -2.48. The van der Waals surface area contributed by atoms with Crippen LogP contribution in [-0.4, -0.2) is 117 Å². The number of hydrogen-bond acceptors (Lipinski definition) is 15. The van der Waals surface area contributed by atoms with E-state index in [1.807, 2.05) is 0 Å². The van der Waals surface area contributed by atoms with Crippen LogP contribution in [0.3, 0.4) is 0 Å². The third-order valence-electron chi connectivity index (χ3n) is 8.89. The zero-order valence-electron chi connectivity index (χ0n) is 34.7. The number of methoxy groups -OCH3 is 1. The normalized spacial score (nSPS) is 19.2.